The van der Waals surface area contributed by atoms with Crippen molar-refractivity contribution in [1.29, 1.82) is 5.26 Å². The lowest BCUT2D eigenvalue weighted by atomic mass is 9.68. The van der Waals surface area contributed by atoms with E-state index in [0.717, 1.165) is 24.2 Å². The van der Waals surface area contributed by atoms with Crippen LogP contribution in [0.5, 0.6) is 0 Å². The molecule has 0 radical (unpaired) electrons. The molecule has 154 valence electrons. The minimum Gasteiger partial charge on any atom is -0.351 e. The Morgan fingerprint density at radius 2 is 1.37 bits per heavy atom. The van der Waals surface area contributed by atoms with Crippen LogP contribution < -0.4 is 0 Å². The molecule has 0 N–H and O–H groups in total. The Labute approximate surface area is 167 Å². The molecule has 1 aliphatic heterocycles. The van der Waals surface area contributed by atoms with Gasteiger partial charge in [-0.15, -0.1) is 0 Å². The quantitative estimate of drug-likeness (QED) is 0.479. The van der Waals surface area contributed by atoms with Crippen molar-refractivity contribution in [2.45, 2.75) is 104 Å². The lowest BCUT2D eigenvalue weighted by molar-refractivity contribution is -0.244. The second kappa shape index (κ2) is 10.3. The number of ether oxygens (including phenoxy) is 2. The van der Waals surface area contributed by atoms with Gasteiger partial charge in [-0.3, -0.25) is 0 Å². The van der Waals surface area contributed by atoms with Crippen LogP contribution in [0.2, 0.25) is 0 Å². The molecule has 3 aliphatic rings. The average Bonchev–Trinajstić information content (AvgIpc) is 2.75. The molecular weight excluding hydrogens is 334 g/mol. The van der Waals surface area contributed by atoms with Crippen LogP contribution in [0.3, 0.4) is 0 Å². The van der Waals surface area contributed by atoms with Gasteiger partial charge in [-0.1, -0.05) is 52.4 Å². The largest absolute Gasteiger partial charge is 0.351 e. The van der Waals surface area contributed by atoms with Crippen LogP contribution in [0.1, 0.15) is 97.3 Å². The van der Waals surface area contributed by atoms with Crippen molar-refractivity contribution in [3.8, 4) is 6.07 Å². The molecule has 3 nitrogen and oxygen atoms in total. The second-order valence-electron chi connectivity index (χ2n) is 9.69. The summed E-state index contributed by atoms with van der Waals surface area (Å²) in [6.07, 6.45) is 17.6. The van der Waals surface area contributed by atoms with Crippen LogP contribution in [-0.2, 0) is 9.47 Å². The summed E-state index contributed by atoms with van der Waals surface area (Å²) in [5.41, 5.74) is -0.413. The van der Waals surface area contributed by atoms with E-state index in [2.05, 4.69) is 19.9 Å². The molecule has 1 saturated heterocycles. The van der Waals surface area contributed by atoms with Gasteiger partial charge in [0.25, 0.3) is 0 Å². The Balaban J connectivity index is 1.36. The van der Waals surface area contributed by atoms with Gasteiger partial charge >= 0.3 is 0 Å². The maximum atomic E-state index is 9.39. The van der Waals surface area contributed by atoms with Crippen molar-refractivity contribution < 1.29 is 9.47 Å². The molecule has 3 rings (SSSR count). The lowest BCUT2D eigenvalue weighted by Gasteiger charge is -2.42. The minimum atomic E-state index is -0.413. The Hall–Kier alpha value is -0.590. The third-order valence-electron chi connectivity index (χ3n) is 7.94. The van der Waals surface area contributed by atoms with Crippen molar-refractivity contribution in [1.82, 2.24) is 0 Å². The fourth-order valence-corrected chi connectivity index (χ4v) is 5.71. The molecular formula is C24H41NO2. The molecule has 3 heteroatoms. The summed E-state index contributed by atoms with van der Waals surface area (Å²) >= 11 is 0. The van der Waals surface area contributed by atoms with Gasteiger partial charge in [0, 0.05) is 5.92 Å². The summed E-state index contributed by atoms with van der Waals surface area (Å²) in [7, 11) is 0. The summed E-state index contributed by atoms with van der Waals surface area (Å²) in [4.78, 5) is 0. The first-order chi connectivity index (χ1) is 13.2. The van der Waals surface area contributed by atoms with Crippen molar-refractivity contribution in [3.63, 3.8) is 0 Å². The van der Waals surface area contributed by atoms with Gasteiger partial charge in [-0.25, -0.2) is 0 Å². The first-order valence-corrected chi connectivity index (χ1v) is 11.8. The highest BCUT2D eigenvalue weighted by Gasteiger charge is 2.40. The Morgan fingerprint density at radius 3 is 1.89 bits per heavy atom. The van der Waals surface area contributed by atoms with E-state index in [9.17, 15) is 5.26 Å². The van der Waals surface area contributed by atoms with Crippen molar-refractivity contribution >= 4 is 0 Å². The summed E-state index contributed by atoms with van der Waals surface area (Å²) in [5.74, 6) is 3.48. The summed E-state index contributed by atoms with van der Waals surface area (Å²) in [5, 5.41) is 9.39. The molecule has 0 unspecified atom stereocenters. The summed E-state index contributed by atoms with van der Waals surface area (Å²) in [6.45, 7) is 5.46. The Morgan fingerprint density at radius 1 is 0.815 bits per heavy atom. The van der Waals surface area contributed by atoms with E-state index in [1.165, 1.54) is 77.0 Å². The molecule has 0 amide bonds. The fraction of sp³-hybridized carbons (Fsp3) is 0.958. The number of rotatable bonds is 7. The molecule has 3 fully saturated rings. The van der Waals surface area contributed by atoms with Crippen LogP contribution in [0.15, 0.2) is 0 Å². The molecule has 0 aromatic heterocycles. The molecule has 0 atom stereocenters. The van der Waals surface area contributed by atoms with E-state index >= 15 is 0 Å². The maximum absolute atomic E-state index is 9.39. The number of nitrogens with zero attached hydrogens (tertiary/aromatic N) is 1. The van der Waals surface area contributed by atoms with E-state index in [4.69, 9.17) is 9.47 Å². The predicted octanol–water partition coefficient (Wildman–Crippen LogP) is 6.47. The van der Waals surface area contributed by atoms with Crippen LogP contribution in [0.4, 0.5) is 0 Å². The van der Waals surface area contributed by atoms with Crippen molar-refractivity contribution in [3.05, 3.63) is 0 Å². The SMILES string of the molecule is CCCCC[C@H]1CC[C@H]([C@H]2CC[C@@H]([C@H]3OC[C@@](C#N)(CC)CO3)CC2)CC1. The van der Waals surface area contributed by atoms with E-state index in [1.807, 2.05) is 0 Å². The van der Waals surface area contributed by atoms with E-state index < -0.39 is 5.41 Å². The normalized spacial score (nSPS) is 40.4. The maximum Gasteiger partial charge on any atom is 0.160 e. The van der Waals surface area contributed by atoms with Crippen LogP contribution >= 0.6 is 0 Å². The topological polar surface area (TPSA) is 42.2 Å². The van der Waals surface area contributed by atoms with Crippen LogP contribution in [-0.4, -0.2) is 19.5 Å². The monoisotopic (exact) mass is 375 g/mol. The molecule has 27 heavy (non-hydrogen) atoms. The number of nitriles is 1. The first-order valence-electron chi connectivity index (χ1n) is 11.8. The highest BCUT2D eigenvalue weighted by atomic mass is 16.7. The third kappa shape index (κ3) is 5.48. The van der Waals surface area contributed by atoms with Crippen LogP contribution in [0.25, 0.3) is 0 Å². The molecule has 0 aromatic carbocycles. The van der Waals surface area contributed by atoms with Gasteiger partial charge in [-0.2, -0.15) is 5.26 Å². The molecule has 0 spiro atoms. The smallest absolute Gasteiger partial charge is 0.160 e. The first kappa shape index (κ1) is 21.1. The van der Waals surface area contributed by atoms with Gasteiger partial charge in [0.1, 0.15) is 5.41 Å². The van der Waals surface area contributed by atoms with E-state index in [-0.39, 0.29) is 6.29 Å². The Kier molecular flexibility index (Phi) is 8.03. The second-order valence-corrected chi connectivity index (χ2v) is 9.69. The minimum absolute atomic E-state index is 0.0618. The molecule has 0 bridgehead atoms. The average molecular weight is 376 g/mol. The molecule has 0 aromatic rings. The van der Waals surface area contributed by atoms with Gasteiger partial charge in [0.05, 0.1) is 19.3 Å². The standard InChI is InChI=1S/C24H41NO2/c1-3-5-6-7-19-8-10-20(11-9-19)21-12-14-22(15-13-21)23-26-17-24(4-2,16-25)18-27-23/h19-23H,3-15,17-18H2,1-2H3/t19-,20-,21-,22+,23-,24-. The van der Waals surface area contributed by atoms with E-state index in [1.54, 1.807) is 0 Å². The van der Waals surface area contributed by atoms with Crippen molar-refractivity contribution in [2.75, 3.05) is 13.2 Å². The molecule has 2 saturated carbocycles. The Bertz CT molecular complexity index is 461. The number of unbranched alkanes of at least 4 members (excludes halogenated alkanes) is 2. The highest BCUT2D eigenvalue weighted by molar-refractivity contribution is 5.00. The zero-order valence-corrected chi connectivity index (χ0v) is 17.8. The molecule has 1 heterocycles. The summed E-state index contributed by atoms with van der Waals surface area (Å²) < 4.78 is 12.0. The summed E-state index contributed by atoms with van der Waals surface area (Å²) in [6, 6.07) is 2.41. The zero-order chi connectivity index (χ0) is 19.1. The van der Waals surface area contributed by atoms with Gasteiger partial charge < -0.3 is 9.47 Å². The van der Waals surface area contributed by atoms with Crippen LogP contribution in [0, 0.1) is 40.4 Å². The highest BCUT2D eigenvalue weighted by Crippen LogP contribution is 2.44. The van der Waals surface area contributed by atoms with E-state index in [0.29, 0.717) is 19.1 Å². The number of hydrogen-bond acceptors (Lipinski definition) is 3. The predicted molar refractivity (Wildman–Crippen MR) is 109 cm³/mol. The number of hydrogen-bond donors (Lipinski definition) is 0. The fourth-order valence-electron chi connectivity index (χ4n) is 5.71. The zero-order valence-electron chi connectivity index (χ0n) is 17.8. The molecule has 2 aliphatic carbocycles. The lowest BCUT2D eigenvalue weighted by Crippen LogP contribution is -2.44. The third-order valence-corrected chi connectivity index (χ3v) is 7.94. The van der Waals surface area contributed by atoms with Gasteiger partial charge in [0.2, 0.25) is 0 Å². The van der Waals surface area contributed by atoms with Crippen molar-refractivity contribution in [2.24, 2.45) is 29.1 Å². The van der Waals surface area contributed by atoms with Gasteiger partial charge in [-0.05, 0) is 62.7 Å². The van der Waals surface area contributed by atoms with Gasteiger partial charge in [0.15, 0.2) is 6.29 Å².